The van der Waals surface area contributed by atoms with Crippen molar-refractivity contribution >= 4 is 37.9 Å². The van der Waals surface area contributed by atoms with E-state index in [0.29, 0.717) is 5.69 Å². The Morgan fingerprint density at radius 2 is 2.00 bits per heavy atom. The number of nitrogens with zero attached hydrogens (tertiary/aromatic N) is 4. The fraction of sp³-hybridized carbons (Fsp3) is 0.308. The number of nitrogens with two attached hydrogens (primary N) is 1. The second-order valence-electron chi connectivity index (χ2n) is 5.61. The van der Waals surface area contributed by atoms with Crippen LogP contribution in [0.3, 0.4) is 0 Å². The minimum atomic E-state index is -0.0908. The van der Waals surface area contributed by atoms with Crippen molar-refractivity contribution in [3.8, 4) is 10.6 Å². The van der Waals surface area contributed by atoms with Crippen molar-refractivity contribution in [2.75, 3.05) is 5.73 Å². The molecule has 2 heterocycles. The average molecular weight is 352 g/mol. The van der Waals surface area contributed by atoms with E-state index in [1.807, 2.05) is 22.7 Å². The molecule has 1 aromatic carbocycles. The highest BCUT2D eigenvalue weighted by Gasteiger charge is 2.23. The maximum Gasteiger partial charge on any atom is 0.235 e. The van der Waals surface area contributed by atoms with Crippen molar-refractivity contribution < 1.29 is 0 Å². The van der Waals surface area contributed by atoms with Crippen molar-refractivity contribution in [2.24, 2.45) is 0 Å². The molecule has 104 valence electrons. The average Bonchev–Trinajstić information content (AvgIpc) is 2.90. The number of benzene rings is 1. The lowest BCUT2D eigenvalue weighted by atomic mass is 9.96. The Balaban J connectivity index is 2.14. The van der Waals surface area contributed by atoms with Crippen LogP contribution in [0, 0.1) is 0 Å². The zero-order chi connectivity index (χ0) is 14.5. The van der Waals surface area contributed by atoms with Crippen LogP contribution >= 0.6 is 27.3 Å². The van der Waals surface area contributed by atoms with Crippen LogP contribution in [0.2, 0.25) is 0 Å². The lowest BCUT2D eigenvalue weighted by Crippen LogP contribution is -2.16. The minimum absolute atomic E-state index is 0.0908. The van der Waals surface area contributed by atoms with Crippen LogP contribution in [0.25, 0.3) is 15.5 Å². The quantitative estimate of drug-likeness (QED) is 0.681. The summed E-state index contributed by atoms with van der Waals surface area (Å²) in [5.41, 5.74) is 7.45. The number of fused-ring (bicyclic) bond motifs is 1. The zero-order valence-electron chi connectivity index (χ0n) is 11.4. The first-order valence-corrected chi connectivity index (χ1v) is 7.75. The molecular formula is C13H14BrN5S. The SMILES string of the molecule is CC(C)(C)c1nnc2sc(-c3ccc(N)c(Br)c3)nn12. The van der Waals surface area contributed by atoms with Crippen LogP contribution in [0.5, 0.6) is 0 Å². The highest BCUT2D eigenvalue weighted by Crippen LogP contribution is 2.31. The summed E-state index contributed by atoms with van der Waals surface area (Å²) in [6, 6.07) is 5.80. The Bertz CT molecular complexity index is 784. The van der Waals surface area contributed by atoms with Gasteiger partial charge in [0.15, 0.2) is 5.82 Å². The summed E-state index contributed by atoms with van der Waals surface area (Å²) in [7, 11) is 0. The van der Waals surface area contributed by atoms with E-state index in [-0.39, 0.29) is 5.41 Å². The molecule has 0 saturated heterocycles. The van der Waals surface area contributed by atoms with Gasteiger partial charge < -0.3 is 5.73 Å². The molecule has 5 nitrogen and oxygen atoms in total. The highest BCUT2D eigenvalue weighted by molar-refractivity contribution is 9.10. The van der Waals surface area contributed by atoms with Crippen LogP contribution in [-0.2, 0) is 5.41 Å². The van der Waals surface area contributed by atoms with Gasteiger partial charge in [-0.3, -0.25) is 0 Å². The molecule has 0 spiro atoms. The fourth-order valence-corrected chi connectivity index (χ4v) is 3.08. The molecule has 0 atom stereocenters. The standard InChI is InChI=1S/C13H14BrN5S/c1-13(2,3)11-16-17-12-19(11)18-10(20-12)7-4-5-9(15)8(14)6-7/h4-6H,15H2,1-3H3. The molecule has 0 aliphatic heterocycles. The smallest absolute Gasteiger partial charge is 0.235 e. The number of anilines is 1. The molecule has 7 heteroatoms. The van der Waals surface area contributed by atoms with Crippen LogP contribution in [0.4, 0.5) is 5.69 Å². The Labute approximate surface area is 129 Å². The van der Waals surface area contributed by atoms with Gasteiger partial charge in [-0.15, -0.1) is 10.2 Å². The number of aromatic nitrogens is 4. The molecule has 0 unspecified atom stereocenters. The van der Waals surface area contributed by atoms with E-state index in [1.54, 1.807) is 0 Å². The monoisotopic (exact) mass is 351 g/mol. The predicted octanol–water partition coefficient (Wildman–Crippen LogP) is 3.50. The summed E-state index contributed by atoms with van der Waals surface area (Å²) in [5.74, 6) is 0.865. The van der Waals surface area contributed by atoms with Gasteiger partial charge in [-0.05, 0) is 34.1 Å². The molecule has 0 aliphatic carbocycles. The van der Waals surface area contributed by atoms with E-state index < -0.39 is 0 Å². The summed E-state index contributed by atoms with van der Waals surface area (Å²) >= 11 is 4.96. The molecule has 0 fully saturated rings. The lowest BCUT2D eigenvalue weighted by Gasteiger charge is -2.13. The number of hydrogen-bond acceptors (Lipinski definition) is 5. The summed E-state index contributed by atoms with van der Waals surface area (Å²) in [5, 5.41) is 14.0. The number of halogens is 1. The van der Waals surface area contributed by atoms with E-state index in [9.17, 15) is 0 Å². The van der Waals surface area contributed by atoms with Gasteiger partial charge in [0.2, 0.25) is 4.96 Å². The van der Waals surface area contributed by atoms with Gasteiger partial charge in [0.1, 0.15) is 5.01 Å². The summed E-state index contributed by atoms with van der Waals surface area (Å²) < 4.78 is 2.70. The van der Waals surface area contributed by atoms with Crippen molar-refractivity contribution in [1.82, 2.24) is 19.8 Å². The Morgan fingerprint density at radius 3 is 2.65 bits per heavy atom. The van der Waals surface area contributed by atoms with Gasteiger partial charge in [0, 0.05) is 21.1 Å². The highest BCUT2D eigenvalue weighted by atomic mass is 79.9. The summed E-state index contributed by atoms with van der Waals surface area (Å²) in [6.45, 7) is 6.30. The molecule has 3 rings (SSSR count). The molecule has 0 bridgehead atoms. The van der Waals surface area contributed by atoms with Crippen molar-refractivity contribution in [3.05, 3.63) is 28.5 Å². The number of rotatable bonds is 1. The first-order chi connectivity index (χ1) is 9.36. The maximum absolute atomic E-state index is 5.81. The second kappa shape index (κ2) is 4.53. The van der Waals surface area contributed by atoms with Gasteiger partial charge in [-0.2, -0.15) is 9.61 Å². The van der Waals surface area contributed by atoms with Gasteiger partial charge in [-0.25, -0.2) is 0 Å². The van der Waals surface area contributed by atoms with Crippen LogP contribution < -0.4 is 5.73 Å². The molecular weight excluding hydrogens is 338 g/mol. The van der Waals surface area contributed by atoms with Crippen LogP contribution in [0.1, 0.15) is 26.6 Å². The fourth-order valence-electron chi connectivity index (χ4n) is 1.86. The summed E-state index contributed by atoms with van der Waals surface area (Å²) in [6.07, 6.45) is 0. The molecule has 0 saturated carbocycles. The Kier molecular flexibility index (Phi) is 3.06. The third-order valence-electron chi connectivity index (χ3n) is 2.91. The van der Waals surface area contributed by atoms with Gasteiger partial charge in [0.25, 0.3) is 0 Å². The van der Waals surface area contributed by atoms with E-state index in [0.717, 1.165) is 25.8 Å². The van der Waals surface area contributed by atoms with Gasteiger partial charge in [0.05, 0.1) is 0 Å². The Morgan fingerprint density at radius 1 is 1.25 bits per heavy atom. The summed E-state index contributed by atoms with van der Waals surface area (Å²) in [4.78, 5) is 0.804. The minimum Gasteiger partial charge on any atom is -0.398 e. The molecule has 3 aromatic rings. The van der Waals surface area contributed by atoms with Gasteiger partial charge >= 0.3 is 0 Å². The first kappa shape index (κ1) is 13.5. The van der Waals surface area contributed by atoms with Gasteiger partial charge in [-0.1, -0.05) is 32.1 Å². The molecule has 0 amide bonds. The first-order valence-electron chi connectivity index (χ1n) is 6.14. The van der Waals surface area contributed by atoms with E-state index in [4.69, 9.17) is 5.73 Å². The Hall–Kier alpha value is -1.47. The van der Waals surface area contributed by atoms with Crippen molar-refractivity contribution in [2.45, 2.75) is 26.2 Å². The third-order valence-corrected chi connectivity index (χ3v) is 4.54. The van der Waals surface area contributed by atoms with Crippen LogP contribution in [-0.4, -0.2) is 19.8 Å². The topological polar surface area (TPSA) is 69.1 Å². The second-order valence-corrected chi connectivity index (χ2v) is 7.42. The third kappa shape index (κ3) is 2.20. The predicted molar refractivity (Wildman–Crippen MR) is 84.9 cm³/mol. The van der Waals surface area contributed by atoms with Crippen molar-refractivity contribution in [3.63, 3.8) is 0 Å². The molecule has 2 N–H and O–H groups in total. The van der Waals surface area contributed by atoms with E-state index in [2.05, 4.69) is 52.0 Å². The number of nitrogen functional groups attached to an aromatic ring is 1. The van der Waals surface area contributed by atoms with Crippen LogP contribution in [0.15, 0.2) is 22.7 Å². The normalized spacial score (nSPS) is 12.2. The zero-order valence-corrected chi connectivity index (χ0v) is 13.8. The number of hydrogen-bond donors (Lipinski definition) is 1. The molecule has 20 heavy (non-hydrogen) atoms. The maximum atomic E-state index is 5.81. The molecule has 0 radical (unpaired) electrons. The molecule has 0 aliphatic rings. The lowest BCUT2D eigenvalue weighted by molar-refractivity contribution is 0.528. The largest absolute Gasteiger partial charge is 0.398 e. The van der Waals surface area contributed by atoms with E-state index >= 15 is 0 Å². The molecule has 2 aromatic heterocycles. The van der Waals surface area contributed by atoms with Crippen molar-refractivity contribution in [1.29, 1.82) is 0 Å². The van der Waals surface area contributed by atoms with E-state index in [1.165, 1.54) is 11.3 Å².